The summed E-state index contributed by atoms with van der Waals surface area (Å²) in [6.45, 7) is 10.7. The van der Waals surface area contributed by atoms with E-state index in [9.17, 15) is 9.59 Å². The molecule has 1 unspecified atom stereocenters. The number of aryl methyl sites for hydroxylation is 2. The molecule has 1 aliphatic rings. The molecular formula is C29H28N2O3. The van der Waals surface area contributed by atoms with E-state index in [-0.39, 0.29) is 22.5 Å². The number of pyridine rings is 1. The van der Waals surface area contributed by atoms with Crippen molar-refractivity contribution < 1.29 is 9.21 Å². The summed E-state index contributed by atoms with van der Waals surface area (Å²) in [6, 6.07) is 15.3. The van der Waals surface area contributed by atoms with E-state index >= 15 is 0 Å². The highest BCUT2D eigenvalue weighted by atomic mass is 16.3. The first-order valence-electron chi connectivity index (χ1n) is 11.5. The molecule has 172 valence electrons. The maximum absolute atomic E-state index is 13.8. The molecule has 5 rings (SSSR count). The minimum Gasteiger partial charge on any atom is -0.450 e. The summed E-state index contributed by atoms with van der Waals surface area (Å²) in [5, 5.41) is 0.517. The van der Waals surface area contributed by atoms with Crippen molar-refractivity contribution in [3.05, 3.63) is 110 Å². The fourth-order valence-corrected chi connectivity index (χ4v) is 4.84. The Morgan fingerprint density at radius 3 is 2.41 bits per heavy atom. The second kappa shape index (κ2) is 7.94. The molecule has 0 radical (unpaired) electrons. The average Bonchev–Trinajstić information content (AvgIpc) is 3.07. The van der Waals surface area contributed by atoms with Crippen molar-refractivity contribution in [2.75, 3.05) is 0 Å². The van der Waals surface area contributed by atoms with Gasteiger partial charge in [-0.05, 0) is 59.2 Å². The first-order chi connectivity index (χ1) is 16.1. The Morgan fingerprint density at radius 1 is 1.03 bits per heavy atom. The van der Waals surface area contributed by atoms with Gasteiger partial charge in [-0.3, -0.25) is 14.6 Å². The van der Waals surface area contributed by atoms with Crippen LogP contribution >= 0.6 is 0 Å². The van der Waals surface area contributed by atoms with Crippen LogP contribution in [0.5, 0.6) is 0 Å². The smallest absolute Gasteiger partial charge is 0.291 e. The van der Waals surface area contributed by atoms with Crippen LogP contribution in [0.1, 0.15) is 70.7 Å². The van der Waals surface area contributed by atoms with Crippen molar-refractivity contribution in [3.63, 3.8) is 0 Å². The summed E-state index contributed by atoms with van der Waals surface area (Å²) in [5.41, 5.74) is 5.55. The van der Waals surface area contributed by atoms with Crippen molar-refractivity contribution in [3.8, 4) is 0 Å². The van der Waals surface area contributed by atoms with Gasteiger partial charge < -0.3 is 9.32 Å². The maximum Gasteiger partial charge on any atom is 0.291 e. The van der Waals surface area contributed by atoms with Crippen LogP contribution in [0, 0.1) is 13.8 Å². The number of hydrogen-bond acceptors (Lipinski definition) is 4. The Balaban J connectivity index is 1.73. The second-order valence-electron chi connectivity index (χ2n) is 10.2. The normalized spacial score (nSPS) is 15.7. The van der Waals surface area contributed by atoms with Crippen LogP contribution in [0.4, 0.5) is 0 Å². The molecule has 0 saturated heterocycles. The predicted molar refractivity (Wildman–Crippen MR) is 133 cm³/mol. The lowest BCUT2D eigenvalue weighted by Crippen LogP contribution is -2.29. The van der Waals surface area contributed by atoms with Crippen molar-refractivity contribution in [2.45, 2.75) is 52.6 Å². The Hall–Kier alpha value is -3.73. The van der Waals surface area contributed by atoms with Crippen molar-refractivity contribution in [1.29, 1.82) is 0 Å². The maximum atomic E-state index is 13.8. The summed E-state index contributed by atoms with van der Waals surface area (Å²) >= 11 is 0. The Bertz CT molecular complexity index is 1460. The third kappa shape index (κ3) is 3.61. The standard InChI is InChI=1S/C29H28N2O3/c1-17-13-18(2)26-22(14-17)25(32)23-24(20-8-10-21(11-9-20)29(3,4)5)31(28(33)27(23)34-26)16-19-7-6-12-30-15-19/h6-15,24H,16H2,1-5H3. The van der Waals surface area contributed by atoms with E-state index in [0.717, 1.165) is 22.3 Å². The number of aromatic nitrogens is 1. The SMILES string of the molecule is Cc1cc(C)c2oc3c(c(=O)c2c1)C(c1ccc(C(C)(C)C)cc1)N(Cc1cccnc1)C3=O. The molecule has 0 spiro atoms. The highest BCUT2D eigenvalue weighted by Gasteiger charge is 2.43. The molecule has 1 amide bonds. The summed E-state index contributed by atoms with van der Waals surface area (Å²) in [6.07, 6.45) is 3.45. The molecule has 0 fully saturated rings. The summed E-state index contributed by atoms with van der Waals surface area (Å²) in [5.74, 6) is -0.138. The molecule has 5 heteroatoms. The van der Waals surface area contributed by atoms with Gasteiger partial charge in [-0.15, -0.1) is 0 Å². The number of carbonyl (C=O) groups excluding carboxylic acids is 1. The minimum absolute atomic E-state index is 0.00160. The van der Waals surface area contributed by atoms with Gasteiger partial charge in [0.1, 0.15) is 5.58 Å². The topological polar surface area (TPSA) is 63.4 Å². The van der Waals surface area contributed by atoms with Crippen molar-refractivity contribution in [2.24, 2.45) is 0 Å². The molecule has 0 bridgehead atoms. The summed E-state index contributed by atoms with van der Waals surface area (Å²) in [4.78, 5) is 33.4. The zero-order chi connectivity index (χ0) is 24.2. The third-order valence-electron chi connectivity index (χ3n) is 6.57. The van der Waals surface area contributed by atoms with Gasteiger partial charge in [0.05, 0.1) is 17.0 Å². The monoisotopic (exact) mass is 452 g/mol. The van der Waals surface area contributed by atoms with E-state index in [2.05, 4.69) is 37.9 Å². The van der Waals surface area contributed by atoms with Crippen LogP contribution in [0.3, 0.4) is 0 Å². The fourth-order valence-electron chi connectivity index (χ4n) is 4.84. The highest BCUT2D eigenvalue weighted by molar-refractivity contribution is 5.99. The lowest BCUT2D eigenvalue weighted by molar-refractivity contribution is 0.0714. The van der Waals surface area contributed by atoms with E-state index < -0.39 is 6.04 Å². The number of hydrogen-bond donors (Lipinski definition) is 0. The predicted octanol–water partition coefficient (Wildman–Crippen LogP) is 5.85. The Morgan fingerprint density at radius 2 is 1.76 bits per heavy atom. The number of amides is 1. The van der Waals surface area contributed by atoms with Crippen LogP contribution in [0.25, 0.3) is 11.0 Å². The van der Waals surface area contributed by atoms with Gasteiger partial charge in [0.2, 0.25) is 5.76 Å². The van der Waals surface area contributed by atoms with Gasteiger partial charge in [-0.25, -0.2) is 0 Å². The van der Waals surface area contributed by atoms with Crippen LogP contribution in [-0.2, 0) is 12.0 Å². The molecule has 5 nitrogen and oxygen atoms in total. The minimum atomic E-state index is -0.529. The zero-order valence-corrected chi connectivity index (χ0v) is 20.2. The number of fused-ring (bicyclic) bond motifs is 2. The molecule has 4 aromatic rings. The van der Waals surface area contributed by atoms with Gasteiger partial charge >= 0.3 is 0 Å². The van der Waals surface area contributed by atoms with Crippen molar-refractivity contribution in [1.82, 2.24) is 9.88 Å². The summed E-state index contributed by atoms with van der Waals surface area (Å²) < 4.78 is 6.17. The number of rotatable bonds is 3. The van der Waals surface area contributed by atoms with E-state index in [1.54, 1.807) is 17.3 Å². The number of nitrogens with zero attached hydrogens (tertiary/aromatic N) is 2. The molecule has 3 heterocycles. The van der Waals surface area contributed by atoms with Gasteiger partial charge in [-0.1, -0.05) is 57.2 Å². The molecule has 2 aromatic heterocycles. The van der Waals surface area contributed by atoms with E-state index in [1.165, 1.54) is 5.56 Å². The lowest BCUT2D eigenvalue weighted by Gasteiger charge is -2.26. The van der Waals surface area contributed by atoms with E-state index in [4.69, 9.17) is 4.42 Å². The fraction of sp³-hybridized carbons (Fsp3) is 0.276. The van der Waals surface area contributed by atoms with Crippen LogP contribution in [0.2, 0.25) is 0 Å². The third-order valence-corrected chi connectivity index (χ3v) is 6.57. The molecular weight excluding hydrogens is 424 g/mol. The quantitative estimate of drug-likeness (QED) is 0.391. The molecule has 2 aromatic carbocycles. The van der Waals surface area contributed by atoms with Crippen LogP contribution in [-0.4, -0.2) is 15.8 Å². The second-order valence-corrected chi connectivity index (χ2v) is 10.2. The summed E-state index contributed by atoms with van der Waals surface area (Å²) in [7, 11) is 0. The largest absolute Gasteiger partial charge is 0.450 e. The first kappa shape index (κ1) is 22.1. The van der Waals surface area contributed by atoms with Crippen molar-refractivity contribution >= 4 is 16.9 Å². The molecule has 0 aliphatic carbocycles. The Labute approximate surface area is 199 Å². The van der Waals surface area contributed by atoms with E-state index in [1.807, 2.05) is 50.2 Å². The van der Waals surface area contributed by atoms with Gasteiger partial charge in [-0.2, -0.15) is 0 Å². The highest BCUT2D eigenvalue weighted by Crippen LogP contribution is 2.40. The molecule has 1 atom stereocenters. The molecule has 1 aliphatic heterocycles. The van der Waals surface area contributed by atoms with E-state index in [0.29, 0.717) is 23.1 Å². The average molecular weight is 453 g/mol. The molecule has 34 heavy (non-hydrogen) atoms. The lowest BCUT2D eigenvalue weighted by atomic mass is 9.86. The Kier molecular flexibility index (Phi) is 5.16. The number of benzene rings is 2. The van der Waals surface area contributed by atoms with Gasteiger partial charge in [0, 0.05) is 18.9 Å². The number of carbonyl (C=O) groups is 1. The first-order valence-corrected chi connectivity index (χ1v) is 11.5. The zero-order valence-electron chi connectivity index (χ0n) is 20.2. The van der Waals surface area contributed by atoms with Gasteiger partial charge in [0.15, 0.2) is 5.43 Å². The van der Waals surface area contributed by atoms with Crippen LogP contribution in [0.15, 0.2) is 70.1 Å². The van der Waals surface area contributed by atoms with Crippen LogP contribution < -0.4 is 5.43 Å². The molecule has 0 N–H and O–H groups in total. The van der Waals surface area contributed by atoms with Gasteiger partial charge in [0.25, 0.3) is 5.91 Å². The molecule has 0 saturated carbocycles.